The Hall–Kier alpha value is -3.86. The second-order valence-electron chi connectivity index (χ2n) is 7.42. The Labute approximate surface area is 219 Å². The van der Waals surface area contributed by atoms with Gasteiger partial charge in [-0.15, -0.1) is 0 Å². The van der Waals surface area contributed by atoms with Crippen LogP contribution in [-0.4, -0.2) is 33.3 Å². The number of halogens is 3. The van der Waals surface area contributed by atoms with Gasteiger partial charge in [0.15, 0.2) is 0 Å². The van der Waals surface area contributed by atoms with E-state index < -0.39 is 17.7 Å². The van der Waals surface area contributed by atoms with Crippen molar-refractivity contribution in [1.29, 1.82) is 0 Å². The van der Waals surface area contributed by atoms with Crippen LogP contribution in [0.25, 0.3) is 5.65 Å². The molecule has 4 aromatic rings. The number of aryl methyl sites for hydroxylation is 1. The molecule has 0 bridgehead atoms. The average Bonchev–Trinajstić information content (AvgIpc) is 3.39. The van der Waals surface area contributed by atoms with Crippen molar-refractivity contribution in [2.24, 2.45) is 5.10 Å². The van der Waals surface area contributed by atoms with Crippen LogP contribution in [0.2, 0.25) is 15.1 Å². The molecule has 0 saturated heterocycles. The van der Waals surface area contributed by atoms with E-state index in [1.807, 2.05) is 0 Å². The van der Waals surface area contributed by atoms with Gasteiger partial charge < -0.3 is 15.1 Å². The minimum Gasteiger partial charge on any atom is -0.458 e. The maximum atomic E-state index is 12.6. The number of hydrogen-bond acceptors (Lipinski definition) is 6. The largest absolute Gasteiger partial charge is 0.458 e. The molecule has 0 spiro atoms. The van der Waals surface area contributed by atoms with Gasteiger partial charge in [-0.1, -0.05) is 34.8 Å². The Kier molecular flexibility index (Phi) is 7.58. The molecule has 184 valence electrons. The lowest BCUT2D eigenvalue weighted by Crippen LogP contribution is -2.34. The lowest BCUT2D eigenvalue weighted by molar-refractivity contribution is -0.136. The number of rotatable bonds is 6. The van der Waals surface area contributed by atoms with Gasteiger partial charge >= 0.3 is 11.8 Å². The molecule has 10 nitrogen and oxygen atoms in total. The van der Waals surface area contributed by atoms with Crippen molar-refractivity contribution in [3.8, 4) is 0 Å². The first-order valence-corrected chi connectivity index (χ1v) is 11.4. The molecule has 0 radical (unpaired) electrons. The zero-order valence-electron chi connectivity index (χ0n) is 18.5. The number of nitrogens with zero attached hydrogens (tertiary/aromatic N) is 3. The summed E-state index contributed by atoms with van der Waals surface area (Å²) in [5.41, 5.74) is 4.09. The zero-order valence-corrected chi connectivity index (χ0v) is 20.8. The first kappa shape index (κ1) is 25.2. The van der Waals surface area contributed by atoms with Crippen molar-refractivity contribution in [3.63, 3.8) is 0 Å². The van der Waals surface area contributed by atoms with Crippen molar-refractivity contribution in [1.82, 2.24) is 20.1 Å². The van der Waals surface area contributed by atoms with E-state index in [0.29, 0.717) is 43.6 Å². The van der Waals surface area contributed by atoms with E-state index in [0.717, 1.165) is 0 Å². The van der Waals surface area contributed by atoms with Gasteiger partial charge in [0, 0.05) is 21.9 Å². The zero-order chi connectivity index (χ0) is 25.8. The van der Waals surface area contributed by atoms with Crippen molar-refractivity contribution in [2.75, 3.05) is 5.32 Å². The summed E-state index contributed by atoms with van der Waals surface area (Å²) < 4.78 is 7.11. The minimum absolute atomic E-state index is 0.0511. The normalized spacial score (nSPS) is 11.1. The SMILES string of the molecule is Cc1nc2ccc(Cl)cn2c1C(=O)N/N=C/c1ccc(CNC(=O)C(=O)Nc2cc(Cl)cc(Cl)c2)o1. The first-order valence-electron chi connectivity index (χ1n) is 10.3. The molecule has 1 aromatic carbocycles. The van der Waals surface area contributed by atoms with Crippen LogP contribution < -0.4 is 16.1 Å². The van der Waals surface area contributed by atoms with E-state index in [1.165, 1.54) is 24.4 Å². The molecule has 0 aliphatic carbocycles. The standard InChI is InChI=1S/C23H17Cl3N6O4/c1-12-20(32-11-13(24)2-5-19(32)29-12)21(33)31-28-10-18-4-3-17(36-18)9-27-22(34)23(35)30-16-7-14(25)6-15(26)8-16/h2-8,10-11H,9H2,1H3,(H,27,34)(H,30,35)(H,31,33)/b28-10+. The molecule has 0 aliphatic heterocycles. The van der Waals surface area contributed by atoms with Crippen LogP contribution in [0.5, 0.6) is 0 Å². The van der Waals surface area contributed by atoms with Crippen LogP contribution in [0, 0.1) is 6.92 Å². The second kappa shape index (κ2) is 10.8. The van der Waals surface area contributed by atoms with Gasteiger partial charge in [-0.25, -0.2) is 10.4 Å². The number of amides is 3. The maximum absolute atomic E-state index is 12.6. The summed E-state index contributed by atoms with van der Waals surface area (Å²) in [5, 5.41) is 9.84. The number of benzene rings is 1. The molecular weight excluding hydrogens is 531 g/mol. The maximum Gasteiger partial charge on any atom is 0.313 e. The number of anilines is 1. The van der Waals surface area contributed by atoms with Gasteiger partial charge in [-0.2, -0.15) is 5.10 Å². The van der Waals surface area contributed by atoms with Crippen LogP contribution in [0.3, 0.4) is 0 Å². The third-order valence-corrected chi connectivity index (χ3v) is 5.42. The summed E-state index contributed by atoms with van der Waals surface area (Å²) in [7, 11) is 0. The highest BCUT2D eigenvalue weighted by molar-refractivity contribution is 6.40. The molecular formula is C23H17Cl3N6O4. The molecule has 3 N–H and O–H groups in total. The molecule has 0 aliphatic rings. The monoisotopic (exact) mass is 546 g/mol. The number of pyridine rings is 1. The first-order chi connectivity index (χ1) is 17.2. The van der Waals surface area contributed by atoms with E-state index in [2.05, 4.69) is 26.1 Å². The number of aromatic nitrogens is 2. The fourth-order valence-corrected chi connectivity index (χ4v) is 3.92. The lowest BCUT2D eigenvalue weighted by atomic mass is 10.3. The van der Waals surface area contributed by atoms with E-state index >= 15 is 0 Å². The molecule has 0 saturated carbocycles. The Bertz CT molecular complexity index is 1490. The van der Waals surface area contributed by atoms with Gasteiger partial charge in [0.1, 0.15) is 22.9 Å². The number of carbonyl (C=O) groups excluding carboxylic acids is 3. The molecule has 3 amide bonds. The minimum atomic E-state index is -0.895. The topological polar surface area (TPSA) is 130 Å². The van der Waals surface area contributed by atoms with Crippen LogP contribution >= 0.6 is 34.8 Å². The Morgan fingerprint density at radius 1 is 1.03 bits per heavy atom. The van der Waals surface area contributed by atoms with E-state index in [1.54, 1.807) is 41.8 Å². The van der Waals surface area contributed by atoms with E-state index in [-0.39, 0.29) is 12.2 Å². The number of furan rings is 1. The van der Waals surface area contributed by atoms with Crippen molar-refractivity contribution >= 4 is 70.1 Å². The highest BCUT2D eigenvalue weighted by Crippen LogP contribution is 2.22. The molecule has 3 aromatic heterocycles. The van der Waals surface area contributed by atoms with Gasteiger partial charge in [-0.3, -0.25) is 18.8 Å². The molecule has 4 rings (SSSR count). The number of carbonyl (C=O) groups is 3. The third kappa shape index (κ3) is 6.03. The van der Waals surface area contributed by atoms with Crippen LogP contribution in [-0.2, 0) is 16.1 Å². The highest BCUT2D eigenvalue weighted by Gasteiger charge is 2.17. The molecule has 0 atom stereocenters. The fourth-order valence-electron chi connectivity index (χ4n) is 3.24. The number of fused-ring (bicyclic) bond motifs is 1. The predicted molar refractivity (Wildman–Crippen MR) is 136 cm³/mol. The third-order valence-electron chi connectivity index (χ3n) is 4.76. The number of nitrogens with one attached hydrogen (secondary N) is 3. The van der Waals surface area contributed by atoms with Crippen molar-refractivity contribution < 1.29 is 18.8 Å². The molecule has 3 heterocycles. The Morgan fingerprint density at radius 3 is 2.53 bits per heavy atom. The van der Waals surface area contributed by atoms with E-state index in [4.69, 9.17) is 39.2 Å². The Balaban J connectivity index is 1.30. The summed E-state index contributed by atoms with van der Waals surface area (Å²) in [6.45, 7) is 1.65. The van der Waals surface area contributed by atoms with Crippen LogP contribution in [0.1, 0.15) is 27.7 Å². The molecule has 0 unspecified atom stereocenters. The van der Waals surface area contributed by atoms with Crippen molar-refractivity contribution in [3.05, 3.63) is 86.6 Å². The highest BCUT2D eigenvalue weighted by atomic mass is 35.5. The smallest absolute Gasteiger partial charge is 0.313 e. The van der Waals surface area contributed by atoms with E-state index in [9.17, 15) is 14.4 Å². The number of hydrogen-bond donors (Lipinski definition) is 3. The molecule has 0 fully saturated rings. The van der Waals surface area contributed by atoms with Crippen LogP contribution in [0.4, 0.5) is 5.69 Å². The average molecular weight is 548 g/mol. The van der Waals surface area contributed by atoms with Gasteiger partial charge in [0.2, 0.25) is 0 Å². The summed E-state index contributed by atoms with van der Waals surface area (Å²) in [6, 6.07) is 11.0. The number of imidazole rings is 1. The van der Waals surface area contributed by atoms with Crippen LogP contribution in [0.15, 0.2) is 58.2 Å². The van der Waals surface area contributed by atoms with Gasteiger partial charge in [0.25, 0.3) is 5.91 Å². The summed E-state index contributed by atoms with van der Waals surface area (Å²) in [5.74, 6) is -1.58. The quantitative estimate of drug-likeness (QED) is 0.189. The predicted octanol–water partition coefficient (Wildman–Crippen LogP) is 4.21. The van der Waals surface area contributed by atoms with Gasteiger partial charge in [-0.05, 0) is 49.4 Å². The van der Waals surface area contributed by atoms with Gasteiger partial charge in [0.05, 0.1) is 23.5 Å². The molecule has 36 heavy (non-hydrogen) atoms. The van der Waals surface area contributed by atoms with Crippen molar-refractivity contribution in [2.45, 2.75) is 13.5 Å². The molecule has 13 heteroatoms. The summed E-state index contributed by atoms with van der Waals surface area (Å²) in [4.78, 5) is 41.1. The summed E-state index contributed by atoms with van der Waals surface area (Å²) >= 11 is 17.8. The Morgan fingerprint density at radius 2 is 1.78 bits per heavy atom. The summed E-state index contributed by atoms with van der Waals surface area (Å²) in [6.07, 6.45) is 2.89. The number of hydrazone groups is 1. The lowest BCUT2D eigenvalue weighted by Gasteiger charge is -2.06. The second-order valence-corrected chi connectivity index (χ2v) is 8.73. The fraction of sp³-hybridized carbons (Fsp3) is 0.0870.